The number of benzene rings is 1. The van der Waals surface area contributed by atoms with Gasteiger partial charge in [0.15, 0.2) is 0 Å². The molecule has 0 fully saturated rings. The molecule has 0 bridgehead atoms. The third-order valence-corrected chi connectivity index (χ3v) is 3.24. The number of rotatable bonds is 2. The maximum absolute atomic E-state index is 11.9. The van der Waals surface area contributed by atoms with Gasteiger partial charge in [0.2, 0.25) is 0 Å². The fourth-order valence-electron chi connectivity index (χ4n) is 2.57. The highest BCUT2D eigenvalue weighted by molar-refractivity contribution is 6.03. The third kappa shape index (κ3) is 1.48. The van der Waals surface area contributed by atoms with E-state index in [1.807, 2.05) is 24.3 Å². The molecule has 2 heterocycles. The number of aromatic nitrogens is 1. The lowest BCUT2D eigenvalue weighted by molar-refractivity contribution is -0.137. The molecule has 1 amide bonds. The normalized spacial score (nSPS) is 14.3. The van der Waals surface area contributed by atoms with Gasteiger partial charge in [-0.15, -0.1) is 0 Å². The van der Waals surface area contributed by atoms with Gasteiger partial charge < -0.3 is 15.0 Å². The van der Waals surface area contributed by atoms with Crippen LogP contribution in [0.3, 0.4) is 0 Å². The van der Waals surface area contributed by atoms with E-state index in [-0.39, 0.29) is 12.5 Å². The second-order valence-electron chi connectivity index (χ2n) is 4.33. The highest BCUT2D eigenvalue weighted by Crippen LogP contribution is 2.28. The van der Waals surface area contributed by atoms with Crippen LogP contribution in [0.15, 0.2) is 24.3 Å². The van der Waals surface area contributed by atoms with E-state index in [4.69, 9.17) is 5.11 Å². The number of hydrogen-bond acceptors (Lipinski definition) is 2. The Labute approximate surface area is 103 Å². The first-order chi connectivity index (χ1) is 8.68. The molecule has 0 atom stereocenters. The number of fused-ring (bicyclic) bond motifs is 3. The molecule has 0 saturated carbocycles. The Hall–Kier alpha value is -2.30. The summed E-state index contributed by atoms with van der Waals surface area (Å²) in [4.78, 5) is 22.9. The Morgan fingerprint density at radius 1 is 1.39 bits per heavy atom. The summed E-state index contributed by atoms with van der Waals surface area (Å²) in [6.07, 6.45) is 0.744. The Morgan fingerprint density at radius 2 is 2.17 bits per heavy atom. The number of nitrogens with one attached hydrogen (secondary N) is 1. The van der Waals surface area contributed by atoms with E-state index in [0.717, 1.165) is 22.9 Å². The van der Waals surface area contributed by atoms with Crippen molar-refractivity contribution in [3.05, 3.63) is 35.5 Å². The van der Waals surface area contributed by atoms with Gasteiger partial charge in [0, 0.05) is 17.4 Å². The Morgan fingerprint density at radius 3 is 2.94 bits per heavy atom. The van der Waals surface area contributed by atoms with Gasteiger partial charge in [0.05, 0.1) is 0 Å². The fourth-order valence-corrected chi connectivity index (χ4v) is 2.57. The Bertz CT molecular complexity index is 658. The number of aliphatic carboxylic acids is 1. The monoisotopic (exact) mass is 244 g/mol. The van der Waals surface area contributed by atoms with E-state index in [1.165, 1.54) is 0 Å². The van der Waals surface area contributed by atoms with Gasteiger partial charge in [-0.2, -0.15) is 0 Å². The van der Waals surface area contributed by atoms with E-state index in [9.17, 15) is 9.59 Å². The summed E-state index contributed by atoms with van der Waals surface area (Å²) in [5, 5.41) is 12.7. The number of nitrogens with zero attached hydrogens (tertiary/aromatic N) is 1. The molecule has 1 aromatic carbocycles. The predicted octanol–water partition coefficient (Wildman–Crippen LogP) is 1.01. The van der Waals surface area contributed by atoms with E-state index in [2.05, 4.69) is 5.32 Å². The van der Waals surface area contributed by atoms with Gasteiger partial charge in [-0.05, 0) is 18.1 Å². The van der Waals surface area contributed by atoms with E-state index < -0.39 is 5.97 Å². The second-order valence-corrected chi connectivity index (χ2v) is 4.33. The largest absolute Gasteiger partial charge is 0.480 e. The molecular weight excluding hydrogens is 232 g/mol. The zero-order valence-corrected chi connectivity index (χ0v) is 9.64. The lowest BCUT2D eigenvalue weighted by Crippen LogP contribution is -2.33. The summed E-state index contributed by atoms with van der Waals surface area (Å²) in [5.41, 5.74) is 2.25. The van der Waals surface area contributed by atoms with E-state index >= 15 is 0 Å². The molecule has 0 aliphatic carbocycles. The standard InChI is InChI=1S/C13H12N2O3/c16-11(17)7-15-10-4-2-1-3-8(10)9-5-6-14-13(18)12(9)15/h1-4H,5-7H2,(H,14,18)(H,16,17). The van der Waals surface area contributed by atoms with Crippen molar-refractivity contribution in [2.45, 2.75) is 13.0 Å². The molecule has 2 aromatic rings. The number of amides is 1. The van der Waals surface area contributed by atoms with Crippen LogP contribution in [-0.2, 0) is 17.8 Å². The second kappa shape index (κ2) is 3.87. The molecule has 0 radical (unpaired) electrons. The number of hydrogen-bond donors (Lipinski definition) is 2. The minimum absolute atomic E-state index is 0.186. The maximum Gasteiger partial charge on any atom is 0.323 e. The molecule has 2 N–H and O–H groups in total. The van der Waals surface area contributed by atoms with Gasteiger partial charge in [-0.25, -0.2) is 0 Å². The Kier molecular flexibility index (Phi) is 2.33. The summed E-state index contributed by atoms with van der Waals surface area (Å²) in [6, 6.07) is 7.54. The van der Waals surface area contributed by atoms with Crippen molar-refractivity contribution in [3.8, 4) is 0 Å². The quantitative estimate of drug-likeness (QED) is 0.828. The van der Waals surface area contributed by atoms with Crippen LogP contribution >= 0.6 is 0 Å². The topological polar surface area (TPSA) is 71.3 Å². The van der Waals surface area contributed by atoms with Crippen molar-refractivity contribution in [3.63, 3.8) is 0 Å². The van der Waals surface area contributed by atoms with E-state index in [1.54, 1.807) is 4.57 Å². The SMILES string of the molecule is O=C(O)Cn1c2c(c3ccccc31)CCNC2=O. The molecule has 92 valence electrons. The first-order valence-electron chi connectivity index (χ1n) is 5.78. The van der Waals surface area contributed by atoms with Crippen LogP contribution in [0.5, 0.6) is 0 Å². The van der Waals surface area contributed by atoms with Crippen LogP contribution in [0, 0.1) is 0 Å². The van der Waals surface area contributed by atoms with Crippen molar-refractivity contribution in [1.29, 1.82) is 0 Å². The highest BCUT2D eigenvalue weighted by atomic mass is 16.4. The van der Waals surface area contributed by atoms with Crippen molar-refractivity contribution in [1.82, 2.24) is 9.88 Å². The van der Waals surface area contributed by atoms with Gasteiger partial charge in [-0.1, -0.05) is 18.2 Å². The summed E-state index contributed by atoms with van der Waals surface area (Å²) >= 11 is 0. The minimum atomic E-state index is -0.947. The molecule has 0 spiro atoms. The zero-order valence-electron chi connectivity index (χ0n) is 9.64. The van der Waals surface area contributed by atoms with Crippen molar-refractivity contribution in [2.75, 3.05) is 6.54 Å². The van der Waals surface area contributed by atoms with Crippen LogP contribution in [0.4, 0.5) is 0 Å². The number of carboxylic acid groups (broad SMARTS) is 1. The molecule has 0 unspecified atom stereocenters. The third-order valence-electron chi connectivity index (χ3n) is 3.24. The molecule has 1 aromatic heterocycles. The molecular formula is C13H12N2O3. The van der Waals surface area contributed by atoms with Crippen LogP contribution in [0.25, 0.3) is 10.9 Å². The molecule has 18 heavy (non-hydrogen) atoms. The first kappa shape index (κ1) is 10.8. The lowest BCUT2D eigenvalue weighted by atomic mass is 10.0. The van der Waals surface area contributed by atoms with Gasteiger partial charge >= 0.3 is 5.97 Å². The molecule has 1 aliphatic rings. The maximum atomic E-state index is 11.9. The van der Waals surface area contributed by atoms with Crippen LogP contribution in [-0.4, -0.2) is 28.1 Å². The average molecular weight is 244 g/mol. The summed E-state index contributed by atoms with van der Waals surface area (Å²) in [7, 11) is 0. The molecule has 1 aliphatic heterocycles. The lowest BCUT2D eigenvalue weighted by Gasteiger charge is -2.15. The van der Waals surface area contributed by atoms with Crippen molar-refractivity contribution < 1.29 is 14.7 Å². The Balaban J connectivity index is 2.34. The molecule has 5 nitrogen and oxygen atoms in total. The minimum Gasteiger partial charge on any atom is -0.480 e. The predicted molar refractivity (Wildman–Crippen MR) is 65.6 cm³/mol. The van der Waals surface area contributed by atoms with Crippen LogP contribution < -0.4 is 5.32 Å². The molecule has 5 heteroatoms. The average Bonchev–Trinajstić information content (AvgIpc) is 2.66. The van der Waals surface area contributed by atoms with Crippen LogP contribution in [0.2, 0.25) is 0 Å². The van der Waals surface area contributed by atoms with Gasteiger partial charge in [0.1, 0.15) is 12.2 Å². The van der Waals surface area contributed by atoms with E-state index in [0.29, 0.717) is 12.2 Å². The highest BCUT2D eigenvalue weighted by Gasteiger charge is 2.26. The number of carbonyl (C=O) groups excluding carboxylic acids is 1. The van der Waals surface area contributed by atoms with Crippen molar-refractivity contribution >= 4 is 22.8 Å². The summed E-state index contributed by atoms with van der Waals surface area (Å²) in [6.45, 7) is 0.413. The fraction of sp³-hybridized carbons (Fsp3) is 0.231. The number of para-hydroxylation sites is 1. The summed E-state index contributed by atoms with van der Waals surface area (Å²) in [5.74, 6) is -1.13. The zero-order chi connectivity index (χ0) is 12.7. The first-order valence-corrected chi connectivity index (χ1v) is 5.78. The van der Waals surface area contributed by atoms with Gasteiger partial charge in [-0.3, -0.25) is 9.59 Å². The summed E-state index contributed by atoms with van der Waals surface area (Å²) < 4.78 is 1.58. The number of carbonyl (C=O) groups is 2. The van der Waals surface area contributed by atoms with Gasteiger partial charge in [0.25, 0.3) is 5.91 Å². The van der Waals surface area contributed by atoms with Crippen molar-refractivity contribution in [2.24, 2.45) is 0 Å². The molecule has 0 saturated heterocycles. The smallest absolute Gasteiger partial charge is 0.323 e. The van der Waals surface area contributed by atoms with Crippen LogP contribution in [0.1, 0.15) is 16.1 Å². The molecule has 3 rings (SSSR count). The number of carboxylic acids is 1.